The number of hydrogen-bond donors (Lipinski definition) is 1. The second kappa shape index (κ2) is 6.59. The van der Waals surface area contributed by atoms with Crippen LogP contribution in [0.25, 0.3) is 5.69 Å². The molecule has 0 aliphatic carbocycles. The van der Waals surface area contributed by atoms with Gasteiger partial charge in [0.2, 0.25) is 0 Å². The van der Waals surface area contributed by atoms with Crippen LogP contribution in [0, 0.1) is 35.0 Å². The molecule has 6 nitrogen and oxygen atoms in total. The zero-order valence-electron chi connectivity index (χ0n) is 13.2. The van der Waals surface area contributed by atoms with Crippen molar-refractivity contribution in [1.82, 2.24) is 9.47 Å². The molecular formula is C17H16N6. The minimum absolute atomic E-state index is 0.00117. The topological polar surface area (TPSA) is 92.0 Å². The third-order valence-corrected chi connectivity index (χ3v) is 3.16. The Kier molecular flexibility index (Phi) is 4.58. The summed E-state index contributed by atoms with van der Waals surface area (Å²) in [4.78, 5) is 6.06. The highest BCUT2D eigenvalue weighted by Crippen LogP contribution is 2.22. The molecule has 0 amide bonds. The average Bonchev–Trinajstić information content (AvgIpc) is 2.54. The van der Waals surface area contributed by atoms with Gasteiger partial charge in [0.25, 0.3) is 0 Å². The molecule has 0 spiro atoms. The summed E-state index contributed by atoms with van der Waals surface area (Å²) in [5.41, 5.74) is 2.14. The summed E-state index contributed by atoms with van der Waals surface area (Å²) in [7, 11) is 3.63. The SMILES string of the molecule is Cc1ccc(-n2c(/N=C/N(C)C)c(C#N)cc(C#N)c2=N)cc1. The average molecular weight is 304 g/mol. The summed E-state index contributed by atoms with van der Waals surface area (Å²) in [6, 6.07) is 12.9. The van der Waals surface area contributed by atoms with Crippen LogP contribution in [0.5, 0.6) is 0 Å². The van der Waals surface area contributed by atoms with Crippen molar-refractivity contribution in [2.24, 2.45) is 4.99 Å². The minimum atomic E-state index is 0.00117. The van der Waals surface area contributed by atoms with E-state index in [0.29, 0.717) is 11.5 Å². The first-order valence-corrected chi connectivity index (χ1v) is 6.90. The Labute approximate surface area is 134 Å². The highest BCUT2D eigenvalue weighted by Gasteiger charge is 2.13. The molecule has 0 bridgehead atoms. The molecule has 0 atom stereocenters. The minimum Gasteiger partial charge on any atom is -0.369 e. The van der Waals surface area contributed by atoms with Crippen LogP contribution < -0.4 is 5.49 Å². The standard InChI is InChI=1S/C17H16N6/c1-12-4-6-15(7-5-12)23-16(20)13(9-18)8-14(10-19)17(23)21-11-22(2)3/h4-8,11,20H,1-3H3/b20-16?,21-11+. The number of hydrogen-bond acceptors (Lipinski definition) is 4. The largest absolute Gasteiger partial charge is 0.369 e. The van der Waals surface area contributed by atoms with E-state index in [0.717, 1.165) is 5.56 Å². The number of pyridine rings is 1. The van der Waals surface area contributed by atoms with Crippen LogP contribution in [0.3, 0.4) is 0 Å². The summed E-state index contributed by atoms with van der Waals surface area (Å²) in [5.74, 6) is 0.328. The fourth-order valence-corrected chi connectivity index (χ4v) is 2.03. The van der Waals surface area contributed by atoms with Crippen molar-refractivity contribution >= 4 is 12.2 Å². The number of aryl methyl sites for hydroxylation is 1. The number of benzene rings is 1. The van der Waals surface area contributed by atoms with Gasteiger partial charge in [-0.15, -0.1) is 0 Å². The van der Waals surface area contributed by atoms with Crippen molar-refractivity contribution in [3.8, 4) is 17.8 Å². The lowest BCUT2D eigenvalue weighted by Crippen LogP contribution is -2.22. The van der Waals surface area contributed by atoms with E-state index in [4.69, 9.17) is 5.41 Å². The van der Waals surface area contributed by atoms with E-state index in [1.807, 2.05) is 51.4 Å². The van der Waals surface area contributed by atoms with E-state index in [1.165, 1.54) is 10.6 Å². The molecular weight excluding hydrogens is 288 g/mol. The smallest absolute Gasteiger partial charge is 0.158 e. The summed E-state index contributed by atoms with van der Waals surface area (Å²) in [6.45, 7) is 1.97. The van der Waals surface area contributed by atoms with Crippen molar-refractivity contribution in [3.63, 3.8) is 0 Å². The molecule has 0 radical (unpaired) electrons. The van der Waals surface area contributed by atoms with Gasteiger partial charge in [0.1, 0.15) is 17.6 Å². The third-order valence-electron chi connectivity index (χ3n) is 3.16. The molecule has 0 saturated carbocycles. The molecule has 6 heteroatoms. The Hall–Kier alpha value is -3.38. The van der Waals surface area contributed by atoms with Crippen LogP contribution >= 0.6 is 0 Å². The molecule has 114 valence electrons. The fraction of sp³-hybridized carbons (Fsp3) is 0.176. The van der Waals surface area contributed by atoms with Crippen LogP contribution in [0.15, 0.2) is 35.3 Å². The van der Waals surface area contributed by atoms with E-state index in [9.17, 15) is 10.5 Å². The Balaban J connectivity index is 2.86. The van der Waals surface area contributed by atoms with Crippen LogP contribution in [-0.2, 0) is 0 Å². The molecule has 1 aromatic carbocycles. The van der Waals surface area contributed by atoms with Crippen LogP contribution in [-0.4, -0.2) is 29.9 Å². The molecule has 1 heterocycles. The van der Waals surface area contributed by atoms with Gasteiger partial charge < -0.3 is 4.90 Å². The van der Waals surface area contributed by atoms with Gasteiger partial charge in [0, 0.05) is 19.8 Å². The van der Waals surface area contributed by atoms with Gasteiger partial charge in [-0.2, -0.15) is 10.5 Å². The van der Waals surface area contributed by atoms with E-state index in [-0.39, 0.29) is 16.6 Å². The molecule has 0 fully saturated rings. The maximum Gasteiger partial charge on any atom is 0.158 e. The third kappa shape index (κ3) is 3.28. The van der Waals surface area contributed by atoms with Gasteiger partial charge in [-0.05, 0) is 25.1 Å². The van der Waals surface area contributed by atoms with Crippen molar-refractivity contribution < 1.29 is 0 Å². The van der Waals surface area contributed by atoms with Crippen LogP contribution in [0.2, 0.25) is 0 Å². The first-order valence-electron chi connectivity index (χ1n) is 6.90. The first kappa shape index (κ1) is 16.0. The summed E-state index contributed by atoms with van der Waals surface area (Å²) in [5, 5.41) is 26.9. The zero-order valence-corrected chi connectivity index (χ0v) is 13.2. The molecule has 1 N–H and O–H groups in total. The van der Waals surface area contributed by atoms with Gasteiger partial charge in [-0.25, -0.2) is 4.99 Å². The van der Waals surface area contributed by atoms with Crippen molar-refractivity contribution in [2.45, 2.75) is 6.92 Å². The second-order valence-corrected chi connectivity index (χ2v) is 5.25. The molecule has 2 aromatic rings. The Morgan fingerprint density at radius 2 is 1.74 bits per heavy atom. The Morgan fingerprint density at radius 3 is 2.26 bits per heavy atom. The number of aliphatic imine (C=N–C) groups is 1. The molecule has 0 unspecified atom stereocenters. The predicted octanol–water partition coefficient (Wildman–Crippen LogP) is 2.23. The lowest BCUT2D eigenvalue weighted by molar-refractivity contribution is 0.642. The van der Waals surface area contributed by atoms with Gasteiger partial charge in [-0.1, -0.05) is 17.7 Å². The van der Waals surface area contributed by atoms with Gasteiger partial charge >= 0.3 is 0 Å². The van der Waals surface area contributed by atoms with E-state index in [2.05, 4.69) is 11.1 Å². The van der Waals surface area contributed by atoms with Gasteiger partial charge in [0.05, 0.1) is 17.5 Å². The Bertz CT molecular complexity index is 889. The number of aromatic nitrogens is 1. The maximum atomic E-state index is 9.39. The van der Waals surface area contributed by atoms with Crippen LogP contribution in [0.1, 0.15) is 16.7 Å². The van der Waals surface area contributed by atoms with E-state index in [1.54, 1.807) is 11.2 Å². The molecule has 0 aliphatic rings. The summed E-state index contributed by atoms with van der Waals surface area (Å²) >= 11 is 0. The maximum absolute atomic E-state index is 9.39. The zero-order chi connectivity index (χ0) is 17.0. The van der Waals surface area contributed by atoms with Crippen molar-refractivity contribution in [3.05, 3.63) is 52.5 Å². The molecule has 1 aromatic heterocycles. The highest BCUT2D eigenvalue weighted by atomic mass is 15.1. The van der Waals surface area contributed by atoms with E-state index < -0.39 is 0 Å². The lowest BCUT2D eigenvalue weighted by Gasteiger charge is -2.14. The number of nitriles is 2. The fourth-order valence-electron chi connectivity index (χ4n) is 2.03. The number of nitrogens with one attached hydrogen (secondary N) is 1. The predicted molar refractivity (Wildman–Crippen MR) is 87.6 cm³/mol. The van der Waals surface area contributed by atoms with Gasteiger partial charge in [-0.3, -0.25) is 9.98 Å². The summed E-state index contributed by atoms with van der Waals surface area (Å²) in [6.07, 6.45) is 1.56. The van der Waals surface area contributed by atoms with Crippen LogP contribution in [0.4, 0.5) is 5.82 Å². The monoisotopic (exact) mass is 304 g/mol. The normalized spacial score (nSPS) is 10.3. The van der Waals surface area contributed by atoms with Gasteiger partial charge in [0.15, 0.2) is 5.82 Å². The second-order valence-electron chi connectivity index (χ2n) is 5.25. The molecule has 23 heavy (non-hydrogen) atoms. The Morgan fingerprint density at radius 1 is 1.13 bits per heavy atom. The molecule has 0 aliphatic heterocycles. The molecule has 0 saturated heterocycles. The highest BCUT2D eigenvalue weighted by molar-refractivity contribution is 5.65. The first-order chi connectivity index (χ1) is 11.0. The summed E-state index contributed by atoms with van der Waals surface area (Å²) < 4.78 is 1.51. The lowest BCUT2D eigenvalue weighted by atomic mass is 10.1. The number of nitrogens with zero attached hydrogens (tertiary/aromatic N) is 5. The van der Waals surface area contributed by atoms with Crippen molar-refractivity contribution in [2.75, 3.05) is 14.1 Å². The van der Waals surface area contributed by atoms with E-state index >= 15 is 0 Å². The molecule has 2 rings (SSSR count). The quantitative estimate of drug-likeness (QED) is 0.696. The number of rotatable bonds is 3. The van der Waals surface area contributed by atoms with Crippen molar-refractivity contribution in [1.29, 1.82) is 15.9 Å².